The summed E-state index contributed by atoms with van der Waals surface area (Å²) < 4.78 is 2.00. The Labute approximate surface area is 144 Å². The van der Waals surface area contributed by atoms with Crippen LogP contribution in [0.15, 0.2) is 18.6 Å². The van der Waals surface area contributed by atoms with Gasteiger partial charge < -0.3 is 5.32 Å². The molecular formula is C16H20N6OS. The topological polar surface area (TPSA) is 66.3 Å². The van der Waals surface area contributed by atoms with E-state index in [2.05, 4.69) is 20.3 Å². The summed E-state index contributed by atoms with van der Waals surface area (Å²) in [5.74, 6) is 0.748. The summed E-state index contributed by atoms with van der Waals surface area (Å²) in [4.78, 5) is 21.8. The zero-order chi connectivity index (χ0) is 16.1. The van der Waals surface area contributed by atoms with E-state index in [4.69, 9.17) is 0 Å². The molecule has 8 heteroatoms. The predicted octanol–water partition coefficient (Wildman–Crippen LogP) is 1.80. The number of rotatable bonds is 5. The van der Waals surface area contributed by atoms with E-state index < -0.39 is 0 Å². The van der Waals surface area contributed by atoms with Crippen molar-refractivity contribution in [2.75, 3.05) is 31.1 Å². The first-order valence-electron chi connectivity index (χ1n) is 8.53. The van der Waals surface area contributed by atoms with Crippen molar-refractivity contribution in [2.45, 2.75) is 31.3 Å². The van der Waals surface area contributed by atoms with Gasteiger partial charge in [0.1, 0.15) is 0 Å². The SMILES string of the molecule is O=C1NCCN1c1cnn(C2CN(Cc3cnc(C4CC4)s3)C2)c1. The summed E-state index contributed by atoms with van der Waals surface area (Å²) in [5, 5.41) is 8.59. The molecule has 0 bridgehead atoms. The van der Waals surface area contributed by atoms with Crippen LogP contribution in [-0.2, 0) is 6.54 Å². The van der Waals surface area contributed by atoms with E-state index in [-0.39, 0.29) is 6.03 Å². The van der Waals surface area contributed by atoms with E-state index in [1.54, 1.807) is 11.1 Å². The number of thiazole rings is 1. The van der Waals surface area contributed by atoms with Crippen molar-refractivity contribution in [2.24, 2.45) is 0 Å². The van der Waals surface area contributed by atoms with E-state index in [0.717, 1.165) is 37.8 Å². The maximum absolute atomic E-state index is 11.7. The van der Waals surface area contributed by atoms with Crippen LogP contribution in [0.5, 0.6) is 0 Å². The Bertz CT molecular complexity index is 760. The molecule has 0 atom stereocenters. The number of anilines is 1. The van der Waals surface area contributed by atoms with Gasteiger partial charge in [-0.05, 0) is 12.8 Å². The Morgan fingerprint density at radius 3 is 2.92 bits per heavy atom. The van der Waals surface area contributed by atoms with Gasteiger partial charge in [-0.3, -0.25) is 14.5 Å². The lowest BCUT2D eigenvalue weighted by Crippen LogP contribution is -2.47. The Hall–Kier alpha value is -1.93. The molecule has 24 heavy (non-hydrogen) atoms. The molecule has 3 aliphatic rings. The lowest BCUT2D eigenvalue weighted by molar-refractivity contribution is 0.0920. The molecule has 5 rings (SSSR count). The summed E-state index contributed by atoms with van der Waals surface area (Å²) in [6, 6.07) is 0.377. The fourth-order valence-corrected chi connectivity index (χ4v) is 4.49. The molecular weight excluding hydrogens is 324 g/mol. The molecule has 2 aromatic rings. The quantitative estimate of drug-likeness (QED) is 0.898. The van der Waals surface area contributed by atoms with Crippen LogP contribution in [-0.4, -0.2) is 51.9 Å². The van der Waals surface area contributed by atoms with Crippen LogP contribution >= 0.6 is 11.3 Å². The number of amides is 2. The minimum Gasteiger partial charge on any atom is -0.336 e. The van der Waals surface area contributed by atoms with Gasteiger partial charge in [0, 0.05) is 55.9 Å². The van der Waals surface area contributed by atoms with Gasteiger partial charge in [0.25, 0.3) is 0 Å². The third-order valence-corrected chi connectivity index (χ3v) is 6.09. The number of nitrogens with zero attached hydrogens (tertiary/aromatic N) is 5. The summed E-state index contributed by atoms with van der Waals surface area (Å²) >= 11 is 1.87. The van der Waals surface area contributed by atoms with Gasteiger partial charge in [0.2, 0.25) is 0 Å². The van der Waals surface area contributed by atoms with Crippen LogP contribution in [0.3, 0.4) is 0 Å². The molecule has 0 aromatic carbocycles. The van der Waals surface area contributed by atoms with Gasteiger partial charge in [-0.25, -0.2) is 9.78 Å². The van der Waals surface area contributed by atoms with Crippen LogP contribution in [0.4, 0.5) is 10.5 Å². The smallest absolute Gasteiger partial charge is 0.322 e. The maximum atomic E-state index is 11.7. The number of hydrogen-bond acceptors (Lipinski definition) is 5. The molecule has 0 spiro atoms. The van der Waals surface area contributed by atoms with Gasteiger partial charge in [0.05, 0.1) is 22.9 Å². The van der Waals surface area contributed by atoms with Gasteiger partial charge in [-0.1, -0.05) is 0 Å². The second kappa shape index (κ2) is 5.56. The predicted molar refractivity (Wildman–Crippen MR) is 91.4 cm³/mol. The standard InChI is InChI=1S/C16H20N6OS/c23-16-17-3-4-21(16)12-5-19-22(9-12)13-7-20(8-13)10-14-6-18-15(24-14)11-1-2-11/h5-6,9,11,13H,1-4,7-8,10H2,(H,17,23). The summed E-state index contributed by atoms with van der Waals surface area (Å²) in [6.07, 6.45) is 8.46. The van der Waals surface area contributed by atoms with E-state index in [0.29, 0.717) is 12.6 Å². The average molecular weight is 344 g/mol. The largest absolute Gasteiger partial charge is 0.336 e. The molecule has 1 N–H and O–H groups in total. The Morgan fingerprint density at radius 1 is 1.29 bits per heavy atom. The van der Waals surface area contributed by atoms with Gasteiger partial charge in [-0.15, -0.1) is 11.3 Å². The minimum atomic E-state index is -0.0264. The molecule has 3 fully saturated rings. The van der Waals surface area contributed by atoms with Crippen molar-refractivity contribution in [1.29, 1.82) is 0 Å². The van der Waals surface area contributed by atoms with Crippen LogP contribution < -0.4 is 10.2 Å². The molecule has 2 aromatic heterocycles. The highest BCUT2D eigenvalue weighted by Gasteiger charge is 2.31. The van der Waals surface area contributed by atoms with Crippen LogP contribution in [0.25, 0.3) is 0 Å². The first kappa shape index (κ1) is 14.4. The molecule has 2 aliphatic heterocycles. The number of carbonyl (C=O) groups excluding carboxylic acids is 1. The van der Waals surface area contributed by atoms with Gasteiger partial charge in [0.15, 0.2) is 0 Å². The second-order valence-corrected chi connectivity index (χ2v) is 8.00. The van der Waals surface area contributed by atoms with Crippen molar-refractivity contribution in [1.82, 2.24) is 25.0 Å². The van der Waals surface area contributed by atoms with Crippen molar-refractivity contribution in [3.63, 3.8) is 0 Å². The number of hydrogen-bond donors (Lipinski definition) is 1. The number of likely N-dealkylation sites (tertiary alicyclic amines) is 1. The Kier molecular flexibility index (Phi) is 3.34. The van der Waals surface area contributed by atoms with Crippen LogP contribution in [0, 0.1) is 0 Å². The summed E-state index contributed by atoms with van der Waals surface area (Å²) in [5.41, 5.74) is 0.889. The highest BCUT2D eigenvalue weighted by molar-refractivity contribution is 7.11. The monoisotopic (exact) mass is 344 g/mol. The zero-order valence-corrected chi connectivity index (χ0v) is 14.2. The van der Waals surface area contributed by atoms with Crippen molar-refractivity contribution in [3.8, 4) is 0 Å². The van der Waals surface area contributed by atoms with E-state index >= 15 is 0 Å². The molecule has 126 valence electrons. The highest BCUT2D eigenvalue weighted by Crippen LogP contribution is 2.42. The first-order valence-corrected chi connectivity index (χ1v) is 9.34. The summed E-state index contributed by atoms with van der Waals surface area (Å²) in [7, 11) is 0. The minimum absolute atomic E-state index is 0.0264. The molecule has 0 unspecified atom stereocenters. The normalized spacial score (nSPS) is 22.0. The van der Waals surface area contributed by atoms with Crippen molar-refractivity contribution >= 4 is 23.1 Å². The van der Waals surface area contributed by atoms with Crippen molar-refractivity contribution < 1.29 is 4.79 Å². The summed E-state index contributed by atoms with van der Waals surface area (Å²) in [6.45, 7) is 4.42. The fraction of sp³-hybridized carbons (Fsp3) is 0.562. The second-order valence-electron chi connectivity index (χ2n) is 6.85. The van der Waals surface area contributed by atoms with Gasteiger partial charge >= 0.3 is 6.03 Å². The average Bonchev–Trinajstić information content (AvgIpc) is 2.95. The number of carbonyl (C=O) groups is 1. The van der Waals surface area contributed by atoms with E-state index in [1.165, 1.54) is 22.7 Å². The lowest BCUT2D eigenvalue weighted by atomic mass is 10.1. The number of nitrogens with one attached hydrogen (secondary N) is 1. The molecule has 1 aliphatic carbocycles. The van der Waals surface area contributed by atoms with Crippen LogP contribution in [0.1, 0.15) is 34.7 Å². The van der Waals surface area contributed by atoms with E-state index in [1.807, 2.05) is 28.4 Å². The van der Waals surface area contributed by atoms with Crippen LogP contribution in [0.2, 0.25) is 0 Å². The van der Waals surface area contributed by atoms with Gasteiger partial charge in [-0.2, -0.15) is 5.10 Å². The Morgan fingerprint density at radius 2 is 2.17 bits per heavy atom. The third kappa shape index (κ3) is 2.59. The van der Waals surface area contributed by atoms with E-state index in [9.17, 15) is 4.79 Å². The fourth-order valence-electron chi connectivity index (χ4n) is 3.36. The third-order valence-electron chi connectivity index (χ3n) is 4.95. The Balaban J connectivity index is 1.17. The zero-order valence-electron chi connectivity index (χ0n) is 13.4. The lowest BCUT2D eigenvalue weighted by Gasteiger charge is -2.38. The first-order chi connectivity index (χ1) is 11.8. The molecule has 4 heterocycles. The van der Waals surface area contributed by atoms with Crippen molar-refractivity contribution in [3.05, 3.63) is 28.5 Å². The maximum Gasteiger partial charge on any atom is 0.322 e. The molecule has 1 saturated carbocycles. The highest BCUT2D eigenvalue weighted by atomic mass is 32.1. The molecule has 2 amide bonds. The number of urea groups is 1. The number of aromatic nitrogens is 3. The molecule has 7 nitrogen and oxygen atoms in total. The molecule has 2 saturated heterocycles. The molecule has 0 radical (unpaired) electrons.